The summed E-state index contributed by atoms with van der Waals surface area (Å²) in [4.78, 5) is 35.0. The molecule has 1 amide bonds. The van der Waals surface area contributed by atoms with Crippen LogP contribution in [0.4, 0.5) is 5.69 Å². The van der Waals surface area contributed by atoms with Gasteiger partial charge in [-0.05, 0) is 55.3 Å². The molecule has 0 aromatic heterocycles. The van der Waals surface area contributed by atoms with E-state index in [2.05, 4.69) is 10.0 Å². The maximum Gasteiger partial charge on any atom is 0.321 e. The average Bonchev–Trinajstić information content (AvgIpc) is 2.66. The van der Waals surface area contributed by atoms with Gasteiger partial charge in [0, 0.05) is 18.2 Å². The Balaban J connectivity index is 1.88. The third-order valence-electron chi connectivity index (χ3n) is 3.93. The molecule has 0 fully saturated rings. The van der Waals surface area contributed by atoms with Crippen LogP contribution in [-0.2, 0) is 24.3 Å². The number of carbonyl (C=O) groups excluding carboxylic acids is 3. The summed E-state index contributed by atoms with van der Waals surface area (Å²) in [6, 6.07) is 11.1. The van der Waals surface area contributed by atoms with Crippen molar-refractivity contribution in [2.45, 2.75) is 25.7 Å². The van der Waals surface area contributed by atoms with Gasteiger partial charge in [-0.25, -0.2) is 8.42 Å². The maximum atomic E-state index is 12.4. The van der Waals surface area contributed by atoms with Gasteiger partial charge < -0.3 is 10.1 Å². The number of hydrogen-bond acceptors (Lipinski definition) is 6. The van der Waals surface area contributed by atoms with E-state index in [9.17, 15) is 22.8 Å². The smallest absolute Gasteiger partial charge is 0.321 e. The number of sulfonamides is 1. The Labute approximate surface area is 169 Å². The molecule has 0 atom stereocenters. The molecule has 0 aliphatic rings. The highest BCUT2D eigenvalue weighted by molar-refractivity contribution is 7.89. The molecule has 0 radical (unpaired) electrons. The molecule has 9 heteroatoms. The Bertz CT molecular complexity index is 1030. The first kappa shape index (κ1) is 22.3. The van der Waals surface area contributed by atoms with Crippen molar-refractivity contribution in [3.8, 4) is 0 Å². The number of esters is 1. The zero-order valence-corrected chi connectivity index (χ0v) is 17.1. The van der Waals surface area contributed by atoms with Crippen LogP contribution in [0, 0.1) is 13.8 Å². The number of nitrogens with one attached hydrogen (secondary N) is 2. The van der Waals surface area contributed by atoms with Crippen molar-refractivity contribution in [3.63, 3.8) is 0 Å². The Morgan fingerprint density at radius 2 is 1.66 bits per heavy atom. The van der Waals surface area contributed by atoms with E-state index in [1.807, 2.05) is 0 Å². The highest BCUT2D eigenvalue weighted by Gasteiger charge is 2.19. The number of aryl methyl sites for hydroxylation is 2. The van der Waals surface area contributed by atoms with Gasteiger partial charge in [-0.2, -0.15) is 4.72 Å². The van der Waals surface area contributed by atoms with Crippen molar-refractivity contribution in [2.75, 3.05) is 18.5 Å². The van der Waals surface area contributed by atoms with E-state index in [0.29, 0.717) is 16.8 Å². The predicted octanol–water partition coefficient (Wildman–Crippen LogP) is 1.97. The van der Waals surface area contributed by atoms with Gasteiger partial charge in [0.2, 0.25) is 15.9 Å². The molecule has 8 nitrogen and oxygen atoms in total. The number of hydrogen-bond donors (Lipinski definition) is 2. The molecular weight excluding hydrogens is 396 g/mol. The van der Waals surface area contributed by atoms with Crippen LogP contribution in [0.1, 0.15) is 28.4 Å². The Morgan fingerprint density at radius 1 is 1.00 bits per heavy atom. The molecule has 2 aromatic rings. The summed E-state index contributed by atoms with van der Waals surface area (Å²) in [5.41, 5.74) is 2.15. The normalized spacial score (nSPS) is 11.0. The van der Waals surface area contributed by atoms with Crippen LogP contribution < -0.4 is 10.0 Å². The number of rotatable bonds is 8. The summed E-state index contributed by atoms with van der Waals surface area (Å²) in [6.45, 7) is 3.67. The van der Waals surface area contributed by atoms with Gasteiger partial charge in [0.15, 0.2) is 12.4 Å². The largest absolute Gasteiger partial charge is 0.456 e. The molecule has 2 rings (SSSR count). The maximum absolute atomic E-state index is 12.4. The molecule has 154 valence electrons. The first-order chi connectivity index (χ1) is 13.6. The molecule has 2 N–H and O–H groups in total. The average molecular weight is 418 g/mol. The second kappa shape index (κ2) is 9.44. The number of anilines is 1. The van der Waals surface area contributed by atoms with Gasteiger partial charge >= 0.3 is 5.97 Å². The number of carbonyl (C=O) groups is 3. The van der Waals surface area contributed by atoms with Crippen molar-refractivity contribution >= 4 is 33.4 Å². The van der Waals surface area contributed by atoms with E-state index in [1.165, 1.54) is 25.1 Å². The lowest BCUT2D eigenvalue weighted by Gasteiger charge is -2.10. The fourth-order valence-electron chi connectivity index (χ4n) is 2.45. The van der Waals surface area contributed by atoms with Crippen LogP contribution in [0.3, 0.4) is 0 Å². The summed E-state index contributed by atoms with van der Waals surface area (Å²) < 4.78 is 31.8. The van der Waals surface area contributed by atoms with Crippen molar-refractivity contribution in [3.05, 3.63) is 59.2 Å². The highest BCUT2D eigenvalue weighted by atomic mass is 32.2. The SMILES string of the molecule is CC(=O)Nc1ccc(C(=O)COC(=O)CNS(=O)(=O)c2cc(C)ccc2C)cc1. The fraction of sp³-hybridized carbons (Fsp3) is 0.250. The van der Waals surface area contributed by atoms with Gasteiger partial charge in [0.05, 0.1) is 4.90 Å². The standard InChI is InChI=1S/C20H22N2O6S/c1-13-4-5-14(2)19(10-13)29(26,27)21-11-20(25)28-12-18(24)16-6-8-17(9-7-16)22-15(3)23/h4-10,21H,11-12H2,1-3H3,(H,22,23). The lowest BCUT2D eigenvalue weighted by Crippen LogP contribution is -2.32. The lowest BCUT2D eigenvalue weighted by molar-refractivity contribution is -0.141. The van der Waals surface area contributed by atoms with E-state index < -0.39 is 34.9 Å². The Hall–Kier alpha value is -3.04. The second-order valence-corrected chi connectivity index (χ2v) is 8.17. The molecule has 0 heterocycles. The lowest BCUT2D eigenvalue weighted by atomic mass is 10.1. The molecular formula is C20H22N2O6S. The molecule has 0 aliphatic carbocycles. The molecule has 0 spiro atoms. The number of amides is 1. The van der Waals surface area contributed by atoms with Gasteiger partial charge in [0.25, 0.3) is 0 Å². The van der Waals surface area contributed by atoms with Crippen molar-refractivity contribution in [2.24, 2.45) is 0 Å². The first-order valence-corrected chi connectivity index (χ1v) is 10.2. The zero-order valence-electron chi connectivity index (χ0n) is 16.3. The number of ketones is 1. The minimum atomic E-state index is -3.88. The topological polar surface area (TPSA) is 119 Å². The molecule has 0 saturated carbocycles. The monoisotopic (exact) mass is 418 g/mol. The first-order valence-electron chi connectivity index (χ1n) is 8.72. The van der Waals surface area contributed by atoms with Crippen LogP contribution in [0.2, 0.25) is 0 Å². The molecule has 29 heavy (non-hydrogen) atoms. The third kappa shape index (κ3) is 6.51. The zero-order chi connectivity index (χ0) is 21.6. The molecule has 0 bridgehead atoms. The summed E-state index contributed by atoms with van der Waals surface area (Å²) in [7, 11) is -3.88. The molecule has 0 unspecified atom stereocenters. The minimum Gasteiger partial charge on any atom is -0.456 e. The Morgan fingerprint density at radius 3 is 2.28 bits per heavy atom. The van der Waals surface area contributed by atoms with Crippen LogP contribution in [-0.4, -0.2) is 39.2 Å². The summed E-state index contributed by atoms with van der Waals surface area (Å²) in [5.74, 6) is -1.56. The van der Waals surface area contributed by atoms with Crippen molar-refractivity contribution < 1.29 is 27.5 Å². The molecule has 2 aromatic carbocycles. The molecule has 0 saturated heterocycles. The summed E-state index contributed by atoms with van der Waals surface area (Å²) in [6.07, 6.45) is 0. The van der Waals surface area contributed by atoms with Gasteiger partial charge in [-0.15, -0.1) is 0 Å². The quantitative estimate of drug-likeness (QED) is 0.500. The van der Waals surface area contributed by atoms with Crippen molar-refractivity contribution in [1.82, 2.24) is 4.72 Å². The van der Waals surface area contributed by atoms with Crippen LogP contribution >= 0.6 is 0 Å². The molecule has 0 aliphatic heterocycles. The van der Waals surface area contributed by atoms with Crippen LogP contribution in [0.25, 0.3) is 0 Å². The highest BCUT2D eigenvalue weighted by Crippen LogP contribution is 2.16. The fourth-order valence-corrected chi connectivity index (χ4v) is 3.75. The van der Waals surface area contributed by atoms with Gasteiger partial charge in [0.1, 0.15) is 6.54 Å². The van der Waals surface area contributed by atoms with Crippen molar-refractivity contribution in [1.29, 1.82) is 0 Å². The predicted molar refractivity (Wildman–Crippen MR) is 107 cm³/mol. The van der Waals surface area contributed by atoms with E-state index >= 15 is 0 Å². The third-order valence-corrected chi connectivity index (χ3v) is 5.47. The second-order valence-electron chi connectivity index (χ2n) is 6.44. The summed E-state index contributed by atoms with van der Waals surface area (Å²) in [5, 5.41) is 2.57. The number of Topliss-reactive ketones (excluding diaryl/α,β-unsaturated/α-hetero) is 1. The Kier molecular flexibility index (Phi) is 7.24. The minimum absolute atomic E-state index is 0.0839. The van der Waals surface area contributed by atoms with E-state index in [4.69, 9.17) is 4.74 Å². The van der Waals surface area contributed by atoms with Gasteiger partial charge in [-0.1, -0.05) is 12.1 Å². The van der Waals surface area contributed by atoms with Gasteiger partial charge in [-0.3, -0.25) is 14.4 Å². The summed E-state index contributed by atoms with van der Waals surface area (Å²) >= 11 is 0. The van der Waals surface area contributed by atoms with Crippen LogP contribution in [0.5, 0.6) is 0 Å². The number of ether oxygens (including phenoxy) is 1. The number of benzene rings is 2. The van der Waals surface area contributed by atoms with Crippen LogP contribution in [0.15, 0.2) is 47.4 Å². The van der Waals surface area contributed by atoms with E-state index in [-0.39, 0.29) is 10.8 Å². The van der Waals surface area contributed by atoms with E-state index in [0.717, 1.165) is 5.56 Å². The van der Waals surface area contributed by atoms with E-state index in [1.54, 1.807) is 38.1 Å².